The molecule has 30 heavy (non-hydrogen) atoms. The van der Waals surface area contributed by atoms with Crippen molar-refractivity contribution in [3.8, 4) is 21.8 Å². The van der Waals surface area contributed by atoms with Crippen molar-refractivity contribution in [3.05, 3.63) is 78.1 Å². The normalized spacial score (nSPS) is 10.6. The molecule has 0 aliphatic rings. The topological polar surface area (TPSA) is 84.2 Å². The number of carbonyl (C=O) groups excluding carboxylic acids is 2. The van der Waals surface area contributed by atoms with Gasteiger partial charge in [-0.25, -0.2) is 4.98 Å². The van der Waals surface area contributed by atoms with Gasteiger partial charge in [0.2, 0.25) is 5.91 Å². The predicted molar refractivity (Wildman–Crippen MR) is 119 cm³/mol. The number of hydrogen-bond donors (Lipinski definition) is 2. The van der Waals surface area contributed by atoms with Gasteiger partial charge in [0.05, 0.1) is 12.0 Å². The molecule has 7 heteroatoms. The van der Waals surface area contributed by atoms with Gasteiger partial charge in [-0.2, -0.15) is 0 Å². The van der Waals surface area contributed by atoms with Crippen molar-refractivity contribution in [1.82, 2.24) is 4.98 Å². The number of nitrogens with one attached hydrogen (secondary N) is 2. The minimum absolute atomic E-state index is 0.0116. The molecule has 0 spiro atoms. The van der Waals surface area contributed by atoms with Crippen LogP contribution >= 0.6 is 11.3 Å². The van der Waals surface area contributed by atoms with Gasteiger partial charge in [-0.3, -0.25) is 9.59 Å². The van der Waals surface area contributed by atoms with Gasteiger partial charge in [0.1, 0.15) is 5.01 Å². The van der Waals surface area contributed by atoms with Gasteiger partial charge in [-0.1, -0.05) is 19.1 Å². The van der Waals surface area contributed by atoms with E-state index in [1.54, 1.807) is 23.5 Å². The molecule has 0 saturated carbocycles. The standard InChI is InChI=1S/C23H19N3O3S/c1-2-21(27)24-17-9-5-15(6-10-17)19-14-30-23(26-19)16-7-11-18(12-8-16)25-22(28)20-4-3-13-29-20/h3-14H,2H2,1H3,(H,24,27)(H,25,28). The predicted octanol–water partition coefficient (Wildman–Crippen LogP) is 5.67. The molecule has 0 fully saturated rings. The molecule has 4 aromatic rings. The van der Waals surface area contributed by atoms with Crippen LogP contribution in [-0.2, 0) is 4.79 Å². The van der Waals surface area contributed by atoms with Crippen LogP contribution in [-0.4, -0.2) is 16.8 Å². The smallest absolute Gasteiger partial charge is 0.291 e. The van der Waals surface area contributed by atoms with Crippen molar-refractivity contribution in [2.24, 2.45) is 0 Å². The third kappa shape index (κ3) is 4.47. The van der Waals surface area contributed by atoms with E-state index >= 15 is 0 Å². The minimum atomic E-state index is -0.289. The molecule has 2 amide bonds. The highest BCUT2D eigenvalue weighted by Gasteiger charge is 2.10. The van der Waals surface area contributed by atoms with Gasteiger partial charge >= 0.3 is 0 Å². The number of aromatic nitrogens is 1. The fraction of sp³-hybridized carbons (Fsp3) is 0.0870. The Kier molecular flexibility index (Phi) is 5.72. The first-order chi connectivity index (χ1) is 14.6. The maximum atomic E-state index is 12.1. The number of hydrogen-bond acceptors (Lipinski definition) is 5. The summed E-state index contributed by atoms with van der Waals surface area (Å²) in [5.41, 5.74) is 4.27. The number of anilines is 2. The molecule has 2 heterocycles. The molecule has 0 radical (unpaired) electrons. The SMILES string of the molecule is CCC(=O)Nc1ccc(-c2csc(-c3ccc(NC(=O)c4ccco4)cc3)n2)cc1. The summed E-state index contributed by atoms with van der Waals surface area (Å²) in [7, 11) is 0. The summed E-state index contributed by atoms with van der Waals surface area (Å²) in [5.74, 6) is -0.0331. The highest BCUT2D eigenvalue weighted by Crippen LogP contribution is 2.30. The van der Waals surface area contributed by atoms with Crippen LogP contribution in [0.25, 0.3) is 21.8 Å². The number of thiazole rings is 1. The number of rotatable bonds is 6. The summed E-state index contributed by atoms with van der Waals surface area (Å²) < 4.78 is 5.10. The summed E-state index contributed by atoms with van der Waals surface area (Å²) in [5, 5.41) is 8.52. The quantitative estimate of drug-likeness (QED) is 0.423. The van der Waals surface area contributed by atoms with E-state index in [0.29, 0.717) is 12.1 Å². The van der Waals surface area contributed by atoms with Crippen molar-refractivity contribution in [3.63, 3.8) is 0 Å². The Morgan fingerprint density at radius 2 is 1.60 bits per heavy atom. The lowest BCUT2D eigenvalue weighted by Gasteiger charge is -2.04. The van der Waals surface area contributed by atoms with Gasteiger partial charge in [0.25, 0.3) is 5.91 Å². The van der Waals surface area contributed by atoms with Crippen LogP contribution < -0.4 is 10.6 Å². The lowest BCUT2D eigenvalue weighted by molar-refractivity contribution is -0.115. The van der Waals surface area contributed by atoms with E-state index in [1.165, 1.54) is 6.26 Å². The van der Waals surface area contributed by atoms with Gasteiger partial charge in [-0.15, -0.1) is 11.3 Å². The Morgan fingerprint density at radius 1 is 0.933 bits per heavy atom. The van der Waals surface area contributed by atoms with Crippen LogP contribution in [0.4, 0.5) is 11.4 Å². The molecule has 2 aromatic heterocycles. The monoisotopic (exact) mass is 417 g/mol. The van der Waals surface area contributed by atoms with Crippen LogP contribution in [0.3, 0.4) is 0 Å². The molecule has 6 nitrogen and oxygen atoms in total. The second-order valence-corrected chi connectivity index (χ2v) is 7.38. The molecular formula is C23H19N3O3S. The van der Waals surface area contributed by atoms with Crippen molar-refractivity contribution in [2.75, 3.05) is 10.6 Å². The number of carbonyl (C=O) groups is 2. The molecule has 0 aliphatic heterocycles. The Labute approximate surface area is 177 Å². The Balaban J connectivity index is 1.44. The van der Waals surface area contributed by atoms with Crippen LogP contribution in [0.1, 0.15) is 23.9 Å². The fourth-order valence-corrected chi connectivity index (χ4v) is 3.64. The first-order valence-electron chi connectivity index (χ1n) is 9.43. The zero-order valence-electron chi connectivity index (χ0n) is 16.2. The van der Waals surface area contributed by atoms with Crippen molar-refractivity contribution < 1.29 is 14.0 Å². The van der Waals surface area contributed by atoms with E-state index in [2.05, 4.69) is 10.6 Å². The van der Waals surface area contributed by atoms with Crippen molar-refractivity contribution in [1.29, 1.82) is 0 Å². The summed E-state index contributed by atoms with van der Waals surface area (Å²) in [6.07, 6.45) is 1.91. The third-order valence-corrected chi connectivity index (χ3v) is 5.32. The van der Waals surface area contributed by atoms with E-state index in [9.17, 15) is 9.59 Å². The van der Waals surface area contributed by atoms with Crippen LogP contribution in [0.15, 0.2) is 76.7 Å². The first-order valence-corrected chi connectivity index (χ1v) is 10.3. The summed E-state index contributed by atoms with van der Waals surface area (Å²) in [4.78, 5) is 28.3. The zero-order chi connectivity index (χ0) is 20.9. The van der Waals surface area contributed by atoms with Gasteiger partial charge in [0, 0.05) is 34.3 Å². The largest absolute Gasteiger partial charge is 0.459 e. The van der Waals surface area contributed by atoms with E-state index in [-0.39, 0.29) is 17.6 Å². The molecule has 0 unspecified atom stereocenters. The first kappa shape index (κ1) is 19.6. The van der Waals surface area contributed by atoms with Gasteiger partial charge < -0.3 is 15.1 Å². The Hall–Kier alpha value is -3.71. The summed E-state index contributed by atoms with van der Waals surface area (Å²) in [6.45, 7) is 1.82. The maximum Gasteiger partial charge on any atom is 0.291 e. The summed E-state index contributed by atoms with van der Waals surface area (Å²) >= 11 is 1.55. The molecular weight excluding hydrogens is 398 g/mol. The number of amides is 2. The maximum absolute atomic E-state index is 12.1. The van der Waals surface area contributed by atoms with Crippen LogP contribution in [0.2, 0.25) is 0 Å². The minimum Gasteiger partial charge on any atom is -0.459 e. The average molecular weight is 417 g/mol. The molecule has 0 bridgehead atoms. The highest BCUT2D eigenvalue weighted by atomic mass is 32.1. The fourth-order valence-electron chi connectivity index (χ4n) is 2.81. The highest BCUT2D eigenvalue weighted by molar-refractivity contribution is 7.13. The van der Waals surface area contributed by atoms with Crippen LogP contribution in [0, 0.1) is 0 Å². The Morgan fingerprint density at radius 3 is 2.23 bits per heavy atom. The van der Waals surface area contributed by atoms with Gasteiger partial charge in [0.15, 0.2) is 5.76 Å². The lowest BCUT2D eigenvalue weighted by atomic mass is 10.1. The van der Waals surface area contributed by atoms with Crippen molar-refractivity contribution in [2.45, 2.75) is 13.3 Å². The molecule has 0 atom stereocenters. The van der Waals surface area contributed by atoms with Crippen molar-refractivity contribution >= 4 is 34.5 Å². The number of nitrogens with zero attached hydrogens (tertiary/aromatic N) is 1. The van der Waals surface area contributed by atoms with Gasteiger partial charge in [-0.05, 0) is 48.5 Å². The molecule has 2 N–H and O–H groups in total. The second-order valence-electron chi connectivity index (χ2n) is 6.53. The number of furan rings is 1. The van der Waals surface area contributed by atoms with E-state index in [0.717, 1.165) is 27.5 Å². The molecule has 0 aliphatic carbocycles. The molecule has 150 valence electrons. The van der Waals surface area contributed by atoms with E-state index < -0.39 is 0 Å². The third-order valence-electron chi connectivity index (χ3n) is 4.42. The molecule has 4 rings (SSSR count). The van der Waals surface area contributed by atoms with Crippen LogP contribution in [0.5, 0.6) is 0 Å². The van der Waals surface area contributed by atoms with E-state index in [1.807, 2.05) is 60.8 Å². The van der Waals surface area contributed by atoms with E-state index in [4.69, 9.17) is 9.40 Å². The molecule has 0 saturated heterocycles. The Bertz CT molecular complexity index is 1150. The average Bonchev–Trinajstić information content (AvgIpc) is 3.47. The number of benzene rings is 2. The molecule has 2 aromatic carbocycles. The zero-order valence-corrected chi connectivity index (χ0v) is 17.0. The summed E-state index contributed by atoms with van der Waals surface area (Å²) in [6, 6.07) is 18.4. The lowest BCUT2D eigenvalue weighted by Crippen LogP contribution is -2.10. The second kappa shape index (κ2) is 8.75.